The molecular formula is C15H19NO4. The first-order chi connectivity index (χ1) is 9.52. The Hall–Kier alpha value is -2.04. The number of ether oxygens (including phenoxy) is 1. The lowest BCUT2D eigenvalue weighted by molar-refractivity contribution is -0.138. The lowest BCUT2D eigenvalue weighted by Crippen LogP contribution is -2.39. The summed E-state index contributed by atoms with van der Waals surface area (Å²) in [4.78, 5) is 24.9. The number of methoxy groups -OCH3 is 1. The molecule has 5 nitrogen and oxygen atoms in total. The van der Waals surface area contributed by atoms with Gasteiger partial charge >= 0.3 is 5.97 Å². The van der Waals surface area contributed by atoms with Gasteiger partial charge in [0.2, 0.25) is 5.91 Å². The summed E-state index contributed by atoms with van der Waals surface area (Å²) in [6.07, 6.45) is 1.90. The molecule has 0 saturated carbocycles. The largest absolute Gasteiger partial charge is 0.496 e. The highest BCUT2D eigenvalue weighted by Gasteiger charge is 2.26. The Morgan fingerprint density at radius 2 is 2.25 bits per heavy atom. The molecular weight excluding hydrogens is 258 g/mol. The van der Waals surface area contributed by atoms with Gasteiger partial charge in [-0.25, -0.2) is 4.79 Å². The number of carboxylic acid groups (broad SMARTS) is 1. The fourth-order valence-corrected chi connectivity index (χ4v) is 2.53. The minimum atomic E-state index is -0.979. The van der Waals surface area contributed by atoms with Crippen LogP contribution in [0, 0.1) is 5.92 Å². The molecule has 1 unspecified atom stereocenters. The van der Waals surface area contributed by atoms with Crippen molar-refractivity contribution in [1.82, 2.24) is 4.90 Å². The minimum absolute atomic E-state index is 0.0393. The van der Waals surface area contributed by atoms with Crippen molar-refractivity contribution >= 4 is 11.9 Å². The molecule has 2 rings (SSSR count). The topological polar surface area (TPSA) is 66.8 Å². The van der Waals surface area contributed by atoms with Crippen LogP contribution in [-0.4, -0.2) is 35.5 Å². The van der Waals surface area contributed by atoms with Crippen LogP contribution in [0.1, 0.15) is 35.7 Å². The minimum Gasteiger partial charge on any atom is -0.496 e. The molecule has 1 N–H and O–H groups in total. The highest BCUT2D eigenvalue weighted by Crippen LogP contribution is 2.25. The number of amides is 1. The summed E-state index contributed by atoms with van der Waals surface area (Å²) in [6.45, 7) is 3.04. The molecule has 1 aliphatic rings. The number of aromatic carboxylic acids is 1. The molecule has 0 aliphatic carbocycles. The van der Waals surface area contributed by atoms with Crippen LogP contribution in [-0.2, 0) is 11.3 Å². The Balaban J connectivity index is 2.24. The van der Waals surface area contributed by atoms with Crippen LogP contribution in [0.5, 0.6) is 5.75 Å². The molecule has 1 aromatic rings. The second kappa shape index (κ2) is 5.94. The van der Waals surface area contributed by atoms with E-state index in [9.17, 15) is 9.59 Å². The molecule has 0 spiro atoms. The van der Waals surface area contributed by atoms with Gasteiger partial charge in [-0.3, -0.25) is 4.79 Å². The molecule has 1 amide bonds. The predicted molar refractivity (Wildman–Crippen MR) is 73.8 cm³/mol. The van der Waals surface area contributed by atoms with E-state index in [-0.39, 0.29) is 17.4 Å². The normalized spacial score (nSPS) is 19.0. The number of piperidine rings is 1. The maximum absolute atomic E-state index is 12.1. The molecule has 1 fully saturated rings. The van der Waals surface area contributed by atoms with E-state index >= 15 is 0 Å². The quantitative estimate of drug-likeness (QED) is 0.915. The molecule has 0 radical (unpaired) electrons. The van der Waals surface area contributed by atoms with Crippen LogP contribution in [0.4, 0.5) is 0 Å². The molecule has 1 aliphatic heterocycles. The SMILES string of the molecule is COc1ccc(C(=O)O)cc1CN1CCCC(C)C1=O. The number of hydrogen-bond donors (Lipinski definition) is 1. The van der Waals surface area contributed by atoms with Crippen molar-refractivity contribution in [2.45, 2.75) is 26.3 Å². The van der Waals surface area contributed by atoms with E-state index in [0.717, 1.165) is 18.4 Å². The zero-order valence-electron chi connectivity index (χ0n) is 11.8. The highest BCUT2D eigenvalue weighted by molar-refractivity contribution is 5.88. The number of benzene rings is 1. The Morgan fingerprint density at radius 3 is 2.90 bits per heavy atom. The number of carboxylic acids is 1. The molecule has 1 atom stereocenters. The number of rotatable bonds is 4. The van der Waals surface area contributed by atoms with Gasteiger partial charge in [0.15, 0.2) is 0 Å². The van der Waals surface area contributed by atoms with Gasteiger partial charge in [0.25, 0.3) is 0 Å². The van der Waals surface area contributed by atoms with Crippen LogP contribution in [0.25, 0.3) is 0 Å². The summed E-state index contributed by atoms with van der Waals surface area (Å²) < 4.78 is 5.25. The molecule has 1 saturated heterocycles. The second-order valence-corrected chi connectivity index (χ2v) is 5.13. The Labute approximate surface area is 118 Å². The summed E-state index contributed by atoms with van der Waals surface area (Å²) >= 11 is 0. The molecule has 0 bridgehead atoms. The number of carbonyl (C=O) groups is 2. The van der Waals surface area contributed by atoms with Gasteiger partial charge in [0.05, 0.1) is 12.7 Å². The van der Waals surface area contributed by atoms with Crippen molar-refractivity contribution in [1.29, 1.82) is 0 Å². The molecule has 108 valence electrons. The number of carbonyl (C=O) groups excluding carboxylic acids is 1. The third kappa shape index (κ3) is 2.92. The molecule has 1 heterocycles. The van der Waals surface area contributed by atoms with E-state index in [0.29, 0.717) is 18.8 Å². The zero-order valence-corrected chi connectivity index (χ0v) is 11.8. The van der Waals surface area contributed by atoms with Crippen LogP contribution in [0.3, 0.4) is 0 Å². The first kappa shape index (κ1) is 14.4. The van der Waals surface area contributed by atoms with Crippen LogP contribution >= 0.6 is 0 Å². The molecule has 1 aromatic carbocycles. The summed E-state index contributed by atoms with van der Waals surface area (Å²) in [5.41, 5.74) is 0.938. The predicted octanol–water partition coefficient (Wildman–Crippen LogP) is 2.15. The summed E-state index contributed by atoms with van der Waals surface area (Å²) in [5.74, 6) is -0.204. The highest BCUT2D eigenvalue weighted by atomic mass is 16.5. The van der Waals surface area contributed by atoms with Gasteiger partial charge in [0, 0.05) is 24.6 Å². The maximum atomic E-state index is 12.1. The molecule has 20 heavy (non-hydrogen) atoms. The zero-order chi connectivity index (χ0) is 14.7. The maximum Gasteiger partial charge on any atom is 0.335 e. The summed E-state index contributed by atoms with van der Waals surface area (Å²) in [6, 6.07) is 4.72. The van der Waals surface area contributed by atoms with Gasteiger partial charge in [-0.1, -0.05) is 6.92 Å². The van der Waals surface area contributed by atoms with Gasteiger partial charge < -0.3 is 14.7 Å². The van der Waals surface area contributed by atoms with Crippen LogP contribution in [0.2, 0.25) is 0 Å². The van der Waals surface area contributed by atoms with E-state index < -0.39 is 5.97 Å². The van der Waals surface area contributed by atoms with E-state index in [1.54, 1.807) is 24.1 Å². The Kier molecular flexibility index (Phi) is 4.27. The fraction of sp³-hybridized carbons (Fsp3) is 0.467. The average Bonchev–Trinajstić information content (AvgIpc) is 2.43. The van der Waals surface area contributed by atoms with Gasteiger partial charge in [-0.2, -0.15) is 0 Å². The standard InChI is InChI=1S/C15H19NO4/c1-10-4-3-7-16(14(10)17)9-12-8-11(15(18)19)5-6-13(12)20-2/h5-6,8,10H,3-4,7,9H2,1-2H3,(H,18,19). The van der Waals surface area contributed by atoms with E-state index in [1.165, 1.54) is 6.07 Å². The molecule has 5 heteroatoms. The Morgan fingerprint density at radius 1 is 1.50 bits per heavy atom. The second-order valence-electron chi connectivity index (χ2n) is 5.13. The lowest BCUT2D eigenvalue weighted by Gasteiger charge is -2.31. The smallest absolute Gasteiger partial charge is 0.335 e. The first-order valence-corrected chi connectivity index (χ1v) is 6.72. The van der Waals surface area contributed by atoms with Crippen molar-refractivity contribution < 1.29 is 19.4 Å². The summed E-state index contributed by atoms with van der Waals surface area (Å²) in [7, 11) is 1.54. The third-order valence-corrected chi connectivity index (χ3v) is 3.69. The third-order valence-electron chi connectivity index (χ3n) is 3.69. The van der Waals surface area contributed by atoms with E-state index in [1.807, 2.05) is 6.92 Å². The summed E-state index contributed by atoms with van der Waals surface area (Å²) in [5, 5.41) is 9.05. The number of nitrogens with zero attached hydrogens (tertiary/aromatic N) is 1. The van der Waals surface area contributed by atoms with Crippen molar-refractivity contribution in [3.05, 3.63) is 29.3 Å². The van der Waals surface area contributed by atoms with Crippen molar-refractivity contribution in [2.24, 2.45) is 5.92 Å². The number of likely N-dealkylation sites (tertiary alicyclic amines) is 1. The van der Waals surface area contributed by atoms with Gasteiger partial charge in [-0.15, -0.1) is 0 Å². The fourth-order valence-electron chi connectivity index (χ4n) is 2.53. The van der Waals surface area contributed by atoms with E-state index in [4.69, 9.17) is 9.84 Å². The van der Waals surface area contributed by atoms with Crippen LogP contribution in [0.15, 0.2) is 18.2 Å². The number of hydrogen-bond acceptors (Lipinski definition) is 3. The van der Waals surface area contributed by atoms with Gasteiger partial charge in [0.1, 0.15) is 5.75 Å². The van der Waals surface area contributed by atoms with Gasteiger partial charge in [-0.05, 0) is 31.0 Å². The van der Waals surface area contributed by atoms with Crippen molar-refractivity contribution in [3.63, 3.8) is 0 Å². The van der Waals surface area contributed by atoms with E-state index in [2.05, 4.69) is 0 Å². The monoisotopic (exact) mass is 277 g/mol. The molecule has 0 aromatic heterocycles. The average molecular weight is 277 g/mol. The first-order valence-electron chi connectivity index (χ1n) is 6.72. The van der Waals surface area contributed by atoms with Crippen molar-refractivity contribution in [3.8, 4) is 5.75 Å². The van der Waals surface area contributed by atoms with Crippen molar-refractivity contribution in [2.75, 3.05) is 13.7 Å². The lowest BCUT2D eigenvalue weighted by atomic mass is 9.98. The van der Waals surface area contributed by atoms with Crippen LogP contribution < -0.4 is 4.74 Å². The Bertz CT molecular complexity index is 527.